The maximum atomic E-state index is 14.2. The fourth-order valence-corrected chi connectivity index (χ4v) is 4.42. The molecule has 0 saturated heterocycles. The number of ether oxygens (including phenoxy) is 2. The number of aromatic nitrogens is 1. The first kappa shape index (κ1) is 23.4. The van der Waals surface area contributed by atoms with Crippen molar-refractivity contribution in [1.29, 1.82) is 0 Å². The molecule has 1 N–H and O–H groups in total. The van der Waals surface area contributed by atoms with Crippen molar-refractivity contribution in [1.82, 2.24) is 9.88 Å². The van der Waals surface area contributed by atoms with Crippen molar-refractivity contribution in [3.63, 3.8) is 0 Å². The molecule has 31 heavy (non-hydrogen) atoms. The van der Waals surface area contributed by atoms with Gasteiger partial charge in [0.05, 0.1) is 7.11 Å². The second-order valence-corrected chi connectivity index (χ2v) is 7.87. The van der Waals surface area contributed by atoms with Gasteiger partial charge in [-0.3, -0.25) is 4.90 Å². The fourth-order valence-electron chi connectivity index (χ4n) is 4.42. The highest BCUT2D eigenvalue weighted by Crippen LogP contribution is 2.36. The molecule has 1 atom stereocenters. The monoisotopic (exact) mass is 450 g/mol. The minimum atomic E-state index is -0.335. The molecule has 1 aliphatic heterocycles. The third-order valence-corrected chi connectivity index (χ3v) is 5.90. The highest BCUT2D eigenvalue weighted by Gasteiger charge is 2.29. The van der Waals surface area contributed by atoms with E-state index < -0.39 is 0 Å². The van der Waals surface area contributed by atoms with Gasteiger partial charge in [-0.05, 0) is 74.7 Å². The Morgan fingerprint density at radius 2 is 2.03 bits per heavy atom. The summed E-state index contributed by atoms with van der Waals surface area (Å²) in [7, 11) is 1.60. The third-order valence-electron chi connectivity index (χ3n) is 5.90. The lowest BCUT2D eigenvalue weighted by atomic mass is 9.99. The topological polar surface area (TPSA) is 37.5 Å². The number of nitrogens with one attached hydrogen (secondary N) is 1. The number of fused-ring (bicyclic) bond motifs is 2. The summed E-state index contributed by atoms with van der Waals surface area (Å²) < 4.78 is 39.0. The Labute approximate surface area is 187 Å². The van der Waals surface area contributed by atoms with Crippen molar-refractivity contribution in [2.75, 3.05) is 26.8 Å². The molecule has 1 unspecified atom stereocenters. The SMILES string of the molecule is CCCN(CCCc1c[nH]c2ccc(F)cc12)C1COc2c(F)ccc(OC)c2C1.Cl. The molecule has 4 nitrogen and oxygen atoms in total. The molecule has 2 heterocycles. The highest BCUT2D eigenvalue weighted by atomic mass is 35.5. The van der Waals surface area contributed by atoms with Crippen molar-refractivity contribution in [2.45, 2.75) is 38.6 Å². The Morgan fingerprint density at radius 3 is 2.81 bits per heavy atom. The second kappa shape index (κ2) is 10.3. The Balaban J connectivity index is 0.00000272. The lowest BCUT2D eigenvalue weighted by molar-refractivity contribution is 0.113. The Hall–Kier alpha value is -2.31. The first-order chi connectivity index (χ1) is 14.6. The van der Waals surface area contributed by atoms with Crippen LogP contribution in [0, 0.1) is 11.6 Å². The maximum absolute atomic E-state index is 14.2. The average molecular weight is 451 g/mol. The summed E-state index contributed by atoms with van der Waals surface area (Å²) in [5, 5.41) is 0.951. The van der Waals surface area contributed by atoms with E-state index in [1.807, 2.05) is 6.20 Å². The van der Waals surface area contributed by atoms with E-state index in [1.165, 1.54) is 12.1 Å². The van der Waals surface area contributed by atoms with Gasteiger partial charge in [-0.1, -0.05) is 6.92 Å². The van der Waals surface area contributed by atoms with E-state index in [2.05, 4.69) is 16.8 Å². The van der Waals surface area contributed by atoms with E-state index in [0.717, 1.165) is 54.4 Å². The van der Waals surface area contributed by atoms with E-state index in [0.29, 0.717) is 24.5 Å². The van der Waals surface area contributed by atoms with Crippen LogP contribution >= 0.6 is 12.4 Å². The highest BCUT2D eigenvalue weighted by molar-refractivity contribution is 5.85. The van der Waals surface area contributed by atoms with Crippen LogP contribution in [0.4, 0.5) is 8.78 Å². The lowest BCUT2D eigenvalue weighted by Gasteiger charge is -2.35. The van der Waals surface area contributed by atoms with Crippen molar-refractivity contribution < 1.29 is 18.3 Å². The van der Waals surface area contributed by atoms with Crippen molar-refractivity contribution in [3.05, 3.63) is 59.3 Å². The smallest absolute Gasteiger partial charge is 0.165 e. The molecule has 0 bridgehead atoms. The summed E-state index contributed by atoms with van der Waals surface area (Å²) in [6.45, 7) is 4.48. The van der Waals surface area contributed by atoms with Gasteiger partial charge in [0.25, 0.3) is 0 Å². The molecule has 0 radical (unpaired) electrons. The summed E-state index contributed by atoms with van der Waals surface area (Å²) in [6, 6.07) is 8.09. The Morgan fingerprint density at radius 1 is 1.19 bits per heavy atom. The second-order valence-electron chi connectivity index (χ2n) is 7.87. The molecule has 7 heteroatoms. The minimum absolute atomic E-state index is 0. The predicted octanol–water partition coefficient (Wildman–Crippen LogP) is 5.52. The number of benzene rings is 2. The average Bonchev–Trinajstić information content (AvgIpc) is 3.15. The Kier molecular flexibility index (Phi) is 7.79. The number of aromatic amines is 1. The summed E-state index contributed by atoms with van der Waals surface area (Å²) in [4.78, 5) is 5.64. The summed E-state index contributed by atoms with van der Waals surface area (Å²) in [5.74, 6) is 0.448. The molecule has 0 fully saturated rings. The van der Waals surface area contributed by atoms with E-state index in [4.69, 9.17) is 9.47 Å². The van der Waals surface area contributed by atoms with Crippen LogP contribution in [0.2, 0.25) is 0 Å². The molecule has 1 aromatic heterocycles. The van der Waals surface area contributed by atoms with E-state index in [9.17, 15) is 8.78 Å². The van der Waals surface area contributed by atoms with Crippen LogP contribution in [0.5, 0.6) is 11.5 Å². The van der Waals surface area contributed by atoms with E-state index >= 15 is 0 Å². The van der Waals surface area contributed by atoms with E-state index in [-0.39, 0.29) is 30.1 Å². The summed E-state index contributed by atoms with van der Waals surface area (Å²) in [6.07, 6.45) is 5.53. The normalized spacial score (nSPS) is 15.5. The van der Waals surface area contributed by atoms with Gasteiger partial charge in [0, 0.05) is 28.7 Å². The number of rotatable bonds is 8. The summed E-state index contributed by atoms with van der Waals surface area (Å²) >= 11 is 0. The standard InChI is InChI=1S/C24H28F2N2O2.ClH/c1-3-10-28(11-4-5-16-14-27-22-8-6-17(25)12-19(16)22)18-13-20-23(29-2)9-7-21(26)24(20)30-15-18;/h6-9,12,14,18,27H,3-5,10-11,13,15H2,1-2H3;1H. The number of nitrogens with zero attached hydrogens (tertiary/aromatic N) is 1. The van der Waals surface area contributed by atoms with Gasteiger partial charge in [-0.25, -0.2) is 8.78 Å². The molecular weight excluding hydrogens is 422 g/mol. The molecule has 168 valence electrons. The van der Waals surface area contributed by atoms with Gasteiger partial charge >= 0.3 is 0 Å². The molecule has 3 aromatic rings. The van der Waals surface area contributed by atoms with Gasteiger partial charge in [0.1, 0.15) is 18.2 Å². The number of aryl methyl sites for hydroxylation is 1. The van der Waals surface area contributed by atoms with Gasteiger partial charge in [0.15, 0.2) is 11.6 Å². The zero-order valence-electron chi connectivity index (χ0n) is 17.9. The number of hydrogen-bond acceptors (Lipinski definition) is 3. The number of hydrogen-bond donors (Lipinski definition) is 1. The van der Waals surface area contributed by atoms with Crippen LogP contribution in [0.3, 0.4) is 0 Å². The van der Waals surface area contributed by atoms with Gasteiger partial charge in [-0.15, -0.1) is 12.4 Å². The van der Waals surface area contributed by atoms with Gasteiger partial charge in [0.2, 0.25) is 0 Å². The molecule has 1 aliphatic rings. The van der Waals surface area contributed by atoms with Crippen molar-refractivity contribution in [2.24, 2.45) is 0 Å². The quantitative estimate of drug-likeness (QED) is 0.490. The van der Waals surface area contributed by atoms with Crippen LogP contribution in [-0.2, 0) is 12.8 Å². The summed E-state index contributed by atoms with van der Waals surface area (Å²) in [5.41, 5.74) is 2.90. The van der Waals surface area contributed by atoms with Crippen molar-refractivity contribution in [3.8, 4) is 11.5 Å². The molecular formula is C24H29ClF2N2O2. The first-order valence-corrected chi connectivity index (χ1v) is 10.6. The third kappa shape index (κ3) is 4.96. The van der Waals surface area contributed by atoms with Crippen LogP contribution in [0.15, 0.2) is 36.5 Å². The predicted molar refractivity (Wildman–Crippen MR) is 122 cm³/mol. The van der Waals surface area contributed by atoms with Crippen LogP contribution in [-0.4, -0.2) is 42.7 Å². The van der Waals surface area contributed by atoms with E-state index in [1.54, 1.807) is 25.3 Å². The molecule has 0 saturated carbocycles. The van der Waals surface area contributed by atoms with Gasteiger partial charge < -0.3 is 14.5 Å². The number of halogens is 3. The first-order valence-electron chi connectivity index (χ1n) is 10.6. The maximum Gasteiger partial charge on any atom is 0.165 e. The molecule has 0 amide bonds. The van der Waals surface area contributed by atoms with Gasteiger partial charge in [-0.2, -0.15) is 0 Å². The Bertz CT molecular complexity index is 1020. The van der Waals surface area contributed by atoms with Crippen LogP contribution in [0.1, 0.15) is 30.9 Å². The molecule has 0 aliphatic carbocycles. The van der Waals surface area contributed by atoms with Crippen LogP contribution < -0.4 is 9.47 Å². The molecule has 2 aromatic carbocycles. The molecule has 4 rings (SSSR count). The van der Waals surface area contributed by atoms with Crippen molar-refractivity contribution >= 4 is 23.3 Å². The fraction of sp³-hybridized carbons (Fsp3) is 0.417. The number of H-pyrrole nitrogens is 1. The largest absolute Gasteiger partial charge is 0.496 e. The zero-order valence-corrected chi connectivity index (χ0v) is 18.7. The minimum Gasteiger partial charge on any atom is -0.496 e. The molecule has 0 spiro atoms. The number of methoxy groups -OCH3 is 1. The van der Waals surface area contributed by atoms with Crippen LogP contribution in [0.25, 0.3) is 10.9 Å². The zero-order chi connectivity index (χ0) is 21.1. The lowest BCUT2D eigenvalue weighted by Crippen LogP contribution is -2.44.